The van der Waals surface area contributed by atoms with E-state index < -0.39 is 15.8 Å². The summed E-state index contributed by atoms with van der Waals surface area (Å²) in [5.74, 6) is 0.601. The molecule has 124 valence electrons. The number of rotatable bonds is 3. The van der Waals surface area contributed by atoms with Gasteiger partial charge in [-0.2, -0.15) is 4.31 Å². The molecule has 0 amide bonds. The van der Waals surface area contributed by atoms with Crippen LogP contribution in [0.1, 0.15) is 24.6 Å². The van der Waals surface area contributed by atoms with E-state index >= 15 is 0 Å². The first kappa shape index (κ1) is 16.4. The lowest BCUT2D eigenvalue weighted by molar-refractivity contribution is 0.311. The molecule has 0 N–H and O–H groups in total. The number of sulfonamides is 1. The van der Waals surface area contributed by atoms with E-state index in [-0.39, 0.29) is 15.8 Å². The van der Waals surface area contributed by atoms with Crippen LogP contribution in [0, 0.1) is 5.82 Å². The van der Waals surface area contributed by atoms with Crippen LogP contribution in [0.2, 0.25) is 5.02 Å². The molecule has 23 heavy (non-hydrogen) atoms. The number of imidazole rings is 1. The Morgan fingerprint density at radius 1 is 1.30 bits per heavy atom. The molecule has 1 aliphatic heterocycles. The molecule has 0 unspecified atom stereocenters. The number of benzene rings is 1. The van der Waals surface area contributed by atoms with Crippen LogP contribution in [-0.2, 0) is 17.1 Å². The van der Waals surface area contributed by atoms with Gasteiger partial charge in [-0.15, -0.1) is 0 Å². The third kappa shape index (κ3) is 3.13. The third-order valence-corrected chi connectivity index (χ3v) is 6.39. The second-order valence-electron chi connectivity index (χ2n) is 5.65. The van der Waals surface area contributed by atoms with Crippen molar-refractivity contribution in [1.29, 1.82) is 0 Å². The zero-order valence-electron chi connectivity index (χ0n) is 12.6. The summed E-state index contributed by atoms with van der Waals surface area (Å²) >= 11 is 5.70. The lowest BCUT2D eigenvalue weighted by atomic mass is 9.97. The van der Waals surface area contributed by atoms with E-state index in [0.717, 1.165) is 18.0 Å². The van der Waals surface area contributed by atoms with Crippen molar-refractivity contribution >= 4 is 21.6 Å². The third-order valence-electron chi connectivity index (χ3n) is 4.21. The minimum Gasteiger partial charge on any atom is -0.338 e. The molecule has 1 fully saturated rings. The van der Waals surface area contributed by atoms with Gasteiger partial charge in [-0.3, -0.25) is 0 Å². The largest absolute Gasteiger partial charge is 0.338 e. The fourth-order valence-electron chi connectivity index (χ4n) is 2.91. The second kappa shape index (κ2) is 6.22. The fourth-order valence-corrected chi connectivity index (χ4v) is 4.65. The molecule has 0 spiro atoms. The number of hydrogen-bond donors (Lipinski definition) is 0. The minimum absolute atomic E-state index is 0.0272. The lowest BCUT2D eigenvalue weighted by Gasteiger charge is -2.31. The Hall–Kier alpha value is -1.44. The average Bonchev–Trinajstić information content (AvgIpc) is 2.96. The number of aryl methyl sites for hydroxylation is 1. The van der Waals surface area contributed by atoms with E-state index in [4.69, 9.17) is 11.6 Å². The molecule has 0 atom stereocenters. The lowest BCUT2D eigenvalue weighted by Crippen LogP contribution is -2.38. The summed E-state index contributed by atoms with van der Waals surface area (Å²) in [5.41, 5.74) is 0. The highest BCUT2D eigenvalue weighted by Gasteiger charge is 2.31. The van der Waals surface area contributed by atoms with Crippen LogP contribution < -0.4 is 0 Å². The molecule has 5 nitrogen and oxygen atoms in total. The van der Waals surface area contributed by atoms with Crippen LogP contribution in [0.25, 0.3) is 0 Å². The highest BCUT2D eigenvalue weighted by Crippen LogP contribution is 2.30. The van der Waals surface area contributed by atoms with Gasteiger partial charge in [0.25, 0.3) is 0 Å². The number of hydrogen-bond acceptors (Lipinski definition) is 3. The molecule has 1 aliphatic rings. The van der Waals surface area contributed by atoms with Gasteiger partial charge in [-0.25, -0.2) is 17.8 Å². The maximum Gasteiger partial charge on any atom is 0.243 e. The monoisotopic (exact) mass is 357 g/mol. The molecule has 1 aromatic heterocycles. The summed E-state index contributed by atoms with van der Waals surface area (Å²) in [6.07, 6.45) is 5.05. The first-order valence-electron chi connectivity index (χ1n) is 7.32. The maximum absolute atomic E-state index is 13.2. The summed E-state index contributed by atoms with van der Waals surface area (Å²) in [6, 6.07) is 3.49. The standard InChI is InChI=1S/C15H17ClFN3O2S/c1-19-9-6-18-15(19)11-4-7-20(8-5-11)23(21,22)12-2-3-14(17)13(16)10-12/h2-3,6,9-11H,4-5,7-8H2,1H3. The van der Waals surface area contributed by atoms with Gasteiger partial charge in [-0.1, -0.05) is 11.6 Å². The normalized spacial score (nSPS) is 17.5. The fraction of sp³-hybridized carbons (Fsp3) is 0.400. The van der Waals surface area contributed by atoms with Gasteiger partial charge >= 0.3 is 0 Å². The van der Waals surface area contributed by atoms with Crippen molar-refractivity contribution in [2.45, 2.75) is 23.7 Å². The smallest absolute Gasteiger partial charge is 0.243 e. The Labute approximate surface area is 139 Å². The molecule has 1 aromatic carbocycles. The zero-order chi connectivity index (χ0) is 16.6. The molecule has 3 rings (SSSR count). The van der Waals surface area contributed by atoms with Gasteiger partial charge in [0, 0.05) is 38.4 Å². The number of aromatic nitrogens is 2. The summed E-state index contributed by atoms with van der Waals surface area (Å²) < 4.78 is 41.9. The van der Waals surface area contributed by atoms with Gasteiger partial charge in [0.15, 0.2) is 0 Å². The van der Waals surface area contributed by atoms with Crippen molar-refractivity contribution in [2.75, 3.05) is 13.1 Å². The number of halogens is 2. The second-order valence-corrected chi connectivity index (χ2v) is 8.00. The van der Waals surface area contributed by atoms with Gasteiger partial charge in [0.05, 0.1) is 9.92 Å². The van der Waals surface area contributed by atoms with E-state index in [9.17, 15) is 12.8 Å². The van der Waals surface area contributed by atoms with Crippen LogP contribution in [0.15, 0.2) is 35.5 Å². The van der Waals surface area contributed by atoms with Gasteiger partial charge in [0.1, 0.15) is 11.6 Å². The van der Waals surface area contributed by atoms with E-state index in [1.165, 1.54) is 10.4 Å². The Kier molecular flexibility index (Phi) is 4.44. The van der Waals surface area contributed by atoms with Gasteiger partial charge in [0.2, 0.25) is 10.0 Å². The molecule has 8 heteroatoms. The van der Waals surface area contributed by atoms with E-state index in [1.54, 1.807) is 6.20 Å². The predicted octanol–water partition coefficient (Wildman–Crippen LogP) is 2.78. The van der Waals surface area contributed by atoms with Crippen molar-refractivity contribution in [3.05, 3.63) is 47.3 Å². The minimum atomic E-state index is -3.65. The molecular formula is C15H17ClFN3O2S. The molecular weight excluding hydrogens is 341 g/mol. The Morgan fingerprint density at radius 3 is 2.57 bits per heavy atom. The Balaban J connectivity index is 1.76. The summed E-state index contributed by atoms with van der Waals surface area (Å²) in [6.45, 7) is 0.823. The maximum atomic E-state index is 13.2. The predicted molar refractivity (Wildman–Crippen MR) is 85.4 cm³/mol. The summed E-state index contributed by atoms with van der Waals surface area (Å²) in [4.78, 5) is 4.37. The topological polar surface area (TPSA) is 55.2 Å². The van der Waals surface area contributed by atoms with Crippen molar-refractivity contribution in [3.8, 4) is 0 Å². The van der Waals surface area contributed by atoms with E-state index in [0.29, 0.717) is 25.9 Å². The van der Waals surface area contributed by atoms with E-state index in [1.807, 2.05) is 17.8 Å². The first-order chi connectivity index (χ1) is 10.9. The van der Waals surface area contributed by atoms with E-state index in [2.05, 4.69) is 4.98 Å². The van der Waals surface area contributed by atoms with Crippen molar-refractivity contribution in [1.82, 2.24) is 13.9 Å². The quantitative estimate of drug-likeness (QED) is 0.848. The first-order valence-corrected chi connectivity index (χ1v) is 9.14. The van der Waals surface area contributed by atoms with Crippen LogP contribution >= 0.6 is 11.6 Å². The highest BCUT2D eigenvalue weighted by molar-refractivity contribution is 7.89. The number of nitrogens with zero attached hydrogens (tertiary/aromatic N) is 3. The van der Waals surface area contributed by atoms with Gasteiger partial charge in [-0.05, 0) is 31.0 Å². The molecule has 0 aliphatic carbocycles. The summed E-state index contributed by atoms with van der Waals surface area (Å²) in [7, 11) is -1.71. The molecule has 2 heterocycles. The SMILES string of the molecule is Cn1ccnc1C1CCN(S(=O)(=O)c2ccc(F)c(Cl)c2)CC1. The van der Waals surface area contributed by atoms with Gasteiger partial charge < -0.3 is 4.57 Å². The number of piperidine rings is 1. The molecule has 2 aromatic rings. The molecule has 0 radical (unpaired) electrons. The zero-order valence-corrected chi connectivity index (χ0v) is 14.2. The molecule has 1 saturated heterocycles. The van der Waals surface area contributed by atoms with Crippen molar-refractivity contribution in [3.63, 3.8) is 0 Å². The van der Waals surface area contributed by atoms with Crippen LogP contribution in [-0.4, -0.2) is 35.4 Å². The van der Waals surface area contributed by atoms with Crippen molar-refractivity contribution < 1.29 is 12.8 Å². The average molecular weight is 358 g/mol. The van der Waals surface area contributed by atoms with Crippen LogP contribution in [0.3, 0.4) is 0 Å². The van der Waals surface area contributed by atoms with Crippen LogP contribution in [0.4, 0.5) is 4.39 Å². The molecule has 0 bridgehead atoms. The summed E-state index contributed by atoms with van der Waals surface area (Å²) in [5, 5.41) is -0.186. The van der Waals surface area contributed by atoms with Crippen LogP contribution in [0.5, 0.6) is 0 Å². The Bertz CT molecular complexity index is 814. The Morgan fingerprint density at radius 2 is 2.00 bits per heavy atom. The highest BCUT2D eigenvalue weighted by atomic mass is 35.5. The van der Waals surface area contributed by atoms with Crippen molar-refractivity contribution in [2.24, 2.45) is 7.05 Å². The molecule has 0 saturated carbocycles.